The van der Waals surface area contributed by atoms with Crippen molar-refractivity contribution < 1.29 is 9.59 Å². The molecule has 1 aliphatic rings. The third-order valence-electron chi connectivity index (χ3n) is 4.53. The predicted octanol–water partition coefficient (Wildman–Crippen LogP) is 3.24. The first-order chi connectivity index (χ1) is 11.3. The van der Waals surface area contributed by atoms with E-state index in [2.05, 4.69) is 45.0 Å². The van der Waals surface area contributed by atoms with Gasteiger partial charge in [-0.3, -0.25) is 9.59 Å². The molecule has 1 aliphatic heterocycles. The van der Waals surface area contributed by atoms with Crippen LogP contribution < -0.4 is 0 Å². The standard InChI is InChI=1S/C20H30N2O2/c1-14(2)11-22(15(3)4)20(24)18-10-19(23)21(13-18)12-17-8-6-16(5)7-9-17/h6-9,14-15,18H,10-13H2,1-5H3. The van der Waals surface area contributed by atoms with E-state index in [-0.39, 0.29) is 23.8 Å². The molecule has 1 saturated heterocycles. The van der Waals surface area contributed by atoms with Crippen molar-refractivity contribution in [3.8, 4) is 0 Å². The molecule has 0 N–H and O–H groups in total. The first-order valence-corrected chi connectivity index (χ1v) is 8.91. The minimum Gasteiger partial charge on any atom is -0.340 e. The van der Waals surface area contributed by atoms with Crippen LogP contribution in [0.25, 0.3) is 0 Å². The maximum atomic E-state index is 12.9. The maximum absolute atomic E-state index is 12.9. The van der Waals surface area contributed by atoms with E-state index in [4.69, 9.17) is 0 Å². The molecule has 4 heteroatoms. The molecule has 0 bridgehead atoms. The van der Waals surface area contributed by atoms with Gasteiger partial charge in [0, 0.05) is 32.1 Å². The minimum atomic E-state index is -0.205. The van der Waals surface area contributed by atoms with Crippen molar-refractivity contribution in [1.82, 2.24) is 9.80 Å². The van der Waals surface area contributed by atoms with Crippen LogP contribution in [0.2, 0.25) is 0 Å². The van der Waals surface area contributed by atoms with E-state index < -0.39 is 0 Å². The minimum absolute atomic E-state index is 0.0854. The Bertz CT molecular complexity index is 578. The largest absolute Gasteiger partial charge is 0.340 e. The molecule has 0 radical (unpaired) electrons. The fourth-order valence-electron chi connectivity index (χ4n) is 3.19. The van der Waals surface area contributed by atoms with Crippen LogP contribution in [0, 0.1) is 18.8 Å². The monoisotopic (exact) mass is 330 g/mol. The smallest absolute Gasteiger partial charge is 0.228 e. The van der Waals surface area contributed by atoms with Crippen molar-refractivity contribution >= 4 is 11.8 Å². The van der Waals surface area contributed by atoms with Crippen LogP contribution in [0.5, 0.6) is 0 Å². The second kappa shape index (κ2) is 7.82. The van der Waals surface area contributed by atoms with Crippen LogP contribution in [-0.4, -0.2) is 40.7 Å². The molecule has 1 atom stereocenters. The van der Waals surface area contributed by atoms with Crippen molar-refractivity contribution in [3.05, 3.63) is 35.4 Å². The Labute approximate surface area is 145 Å². The van der Waals surface area contributed by atoms with Crippen LogP contribution in [-0.2, 0) is 16.1 Å². The predicted molar refractivity (Wildman–Crippen MR) is 96.4 cm³/mol. The van der Waals surface area contributed by atoms with Crippen LogP contribution in [0.1, 0.15) is 45.2 Å². The third-order valence-corrected chi connectivity index (χ3v) is 4.53. The summed E-state index contributed by atoms with van der Waals surface area (Å²) in [7, 11) is 0. The van der Waals surface area contributed by atoms with Gasteiger partial charge in [-0.1, -0.05) is 43.7 Å². The second-order valence-corrected chi connectivity index (χ2v) is 7.64. The summed E-state index contributed by atoms with van der Waals surface area (Å²) in [5.74, 6) is 0.432. The van der Waals surface area contributed by atoms with Crippen LogP contribution in [0.4, 0.5) is 0 Å². The number of carbonyl (C=O) groups is 2. The van der Waals surface area contributed by atoms with Gasteiger partial charge in [0.05, 0.1) is 5.92 Å². The van der Waals surface area contributed by atoms with Crippen LogP contribution in [0.15, 0.2) is 24.3 Å². The molecule has 0 spiro atoms. The molecule has 24 heavy (non-hydrogen) atoms. The Morgan fingerprint density at radius 1 is 1.21 bits per heavy atom. The Morgan fingerprint density at radius 3 is 2.38 bits per heavy atom. The average molecular weight is 330 g/mol. The molecule has 1 heterocycles. The number of likely N-dealkylation sites (tertiary alicyclic amines) is 1. The zero-order chi connectivity index (χ0) is 17.9. The lowest BCUT2D eigenvalue weighted by Gasteiger charge is -2.30. The van der Waals surface area contributed by atoms with Gasteiger partial charge in [-0.05, 0) is 32.3 Å². The molecule has 2 amide bonds. The van der Waals surface area contributed by atoms with Crippen molar-refractivity contribution in [2.75, 3.05) is 13.1 Å². The van der Waals surface area contributed by atoms with Gasteiger partial charge in [0.2, 0.25) is 11.8 Å². The van der Waals surface area contributed by atoms with E-state index >= 15 is 0 Å². The second-order valence-electron chi connectivity index (χ2n) is 7.64. The summed E-state index contributed by atoms with van der Waals surface area (Å²) in [5.41, 5.74) is 2.32. The molecule has 1 unspecified atom stereocenters. The van der Waals surface area contributed by atoms with E-state index in [0.29, 0.717) is 25.4 Å². The number of hydrogen-bond donors (Lipinski definition) is 0. The van der Waals surface area contributed by atoms with Crippen LogP contribution >= 0.6 is 0 Å². The molecule has 0 aromatic heterocycles. The summed E-state index contributed by atoms with van der Waals surface area (Å²) in [6.45, 7) is 12.2. The van der Waals surface area contributed by atoms with E-state index in [1.54, 1.807) is 0 Å². The summed E-state index contributed by atoms with van der Waals surface area (Å²) >= 11 is 0. The highest BCUT2D eigenvalue weighted by atomic mass is 16.2. The number of nitrogens with zero attached hydrogens (tertiary/aromatic N) is 2. The van der Waals surface area contributed by atoms with E-state index in [9.17, 15) is 9.59 Å². The van der Waals surface area contributed by atoms with Gasteiger partial charge in [-0.25, -0.2) is 0 Å². The highest BCUT2D eigenvalue weighted by Crippen LogP contribution is 2.23. The van der Waals surface area contributed by atoms with Gasteiger partial charge < -0.3 is 9.80 Å². The Morgan fingerprint density at radius 2 is 1.83 bits per heavy atom. The molecular formula is C20H30N2O2. The SMILES string of the molecule is Cc1ccc(CN2CC(C(=O)N(CC(C)C)C(C)C)CC2=O)cc1. The fraction of sp³-hybridized carbons (Fsp3) is 0.600. The lowest BCUT2D eigenvalue weighted by atomic mass is 10.0. The molecule has 1 fully saturated rings. The quantitative estimate of drug-likeness (QED) is 0.803. The molecule has 1 aromatic rings. The van der Waals surface area contributed by atoms with E-state index in [0.717, 1.165) is 12.1 Å². The Balaban J connectivity index is 2.02. The van der Waals surface area contributed by atoms with Crippen molar-refractivity contribution in [2.45, 2.75) is 53.6 Å². The fourth-order valence-corrected chi connectivity index (χ4v) is 3.19. The first kappa shape index (κ1) is 18.5. The summed E-state index contributed by atoms with van der Waals surface area (Å²) in [5, 5.41) is 0. The number of rotatable bonds is 6. The number of amides is 2. The van der Waals surface area contributed by atoms with Gasteiger partial charge in [-0.15, -0.1) is 0 Å². The normalized spacial score (nSPS) is 17.9. The van der Waals surface area contributed by atoms with Gasteiger partial charge in [0.1, 0.15) is 0 Å². The first-order valence-electron chi connectivity index (χ1n) is 8.91. The van der Waals surface area contributed by atoms with E-state index in [1.165, 1.54) is 5.56 Å². The zero-order valence-corrected chi connectivity index (χ0v) is 15.6. The van der Waals surface area contributed by atoms with Crippen molar-refractivity contribution in [3.63, 3.8) is 0 Å². The lowest BCUT2D eigenvalue weighted by Crippen LogP contribution is -2.43. The number of aryl methyl sites for hydroxylation is 1. The highest BCUT2D eigenvalue weighted by Gasteiger charge is 2.37. The molecule has 132 valence electrons. The Hall–Kier alpha value is -1.84. The van der Waals surface area contributed by atoms with Gasteiger partial charge in [-0.2, -0.15) is 0 Å². The molecule has 2 rings (SSSR count). The average Bonchev–Trinajstić information content (AvgIpc) is 2.87. The summed E-state index contributed by atoms with van der Waals surface area (Å²) in [6.07, 6.45) is 0.339. The summed E-state index contributed by atoms with van der Waals surface area (Å²) in [6, 6.07) is 8.39. The molecule has 4 nitrogen and oxygen atoms in total. The maximum Gasteiger partial charge on any atom is 0.228 e. The van der Waals surface area contributed by atoms with E-state index in [1.807, 2.05) is 23.6 Å². The number of hydrogen-bond acceptors (Lipinski definition) is 2. The number of carbonyl (C=O) groups excluding carboxylic acids is 2. The van der Waals surface area contributed by atoms with Crippen molar-refractivity contribution in [1.29, 1.82) is 0 Å². The number of benzene rings is 1. The van der Waals surface area contributed by atoms with Crippen LogP contribution in [0.3, 0.4) is 0 Å². The third kappa shape index (κ3) is 4.59. The summed E-state index contributed by atoms with van der Waals surface area (Å²) < 4.78 is 0. The lowest BCUT2D eigenvalue weighted by molar-refractivity contribution is -0.138. The van der Waals surface area contributed by atoms with Gasteiger partial charge in [0.15, 0.2) is 0 Å². The molecule has 1 aromatic carbocycles. The molecular weight excluding hydrogens is 300 g/mol. The Kier molecular flexibility index (Phi) is 6.03. The summed E-state index contributed by atoms with van der Waals surface area (Å²) in [4.78, 5) is 28.9. The topological polar surface area (TPSA) is 40.6 Å². The van der Waals surface area contributed by atoms with Gasteiger partial charge in [0.25, 0.3) is 0 Å². The van der Waals surface area contributed by atoms with Crippen molar-refractivity contribution in [2.24, 2.45) is 11.8 Å². The highest BCUT2D eigenvalue weighted by molar-refractivity contribution is 5.89. The molecule has 0 aliphatic carbocycles. The molecule has 0 saturated carbocycles. The zero-order valence-electron chi connectivity index (χ0n) is 15.6. The van der Waals surface area contributed by atoms with Gasteiger partial charge >= 0.3 is 0 Å².